The van der Waals surface area contributed by atoms with Gasteiger partial charge in [-0.05, 0) is 24.3 Å². The van der Waals surface area contributed by atoms with Crippen LogP contribution in [0, 0.1) is 17.3 Å². The molecule has 0 saturated carbocycles. The zero-order valence-corrected chi connectivity index (χ0v) is 17.1. The van der Waals surface area contributed by atoms with Crippen LogP contribution in [-0.4, -0.2) is 40.9 Å². The Bertz CT molecular complexity index is 951. The molecule has 4 atom stereocenters. The largest absolute Gasteiger partial charge is 0.297 e. The van der Waals surface area contributed by atoms with Crippen LogP contribution in [0.25, 0.3) is 0 Å². The van der Waals surface area contributed by atoms with Crippen LogP contribution in [-0.2, 0) is 14.4 Å². The molecule has 3 heterocycles. The number of anilines is 1. The maximum absolute atomic E-state index is 13.4. The Labute approximate surface area is 172 Å². The fraction of sp³-hybridized carbons (Fsp3) is 0.400. The fourth-order valence-electron chi connectivity index (χ4n) is 4.18. The summed E-state index contributed by atoms with van der Waals surface area (Å²) in [5, 5.41) is 6.55. The third kappa shape index (κ3) is 2.70. The summed E-state index contributed by atoms with van der Waals surface area (Å²) in [6.45, 7) is 5.41. The van der Waals surface area contributed by atoms with Gasteiger partial charge in [0, 0.05) is 16.7 Å². The van der Waals surface area contributed by atoms with Gasteiger partial charge in [0.25, 0.3) is 0 Å². The number of rotatable bonds is 2. The van der Waals surface area contributed by atoms with Crippen molar-refractivity contribution in [1.82, 2.24) is 5.01 Å². The van der Waals surface area contributed by atoms with Crippen LogP contribution < -0.4 is 4.90 Å². The predicted octanol–water partition coefficient (Wildman–Crippen LogP) is 3.32. The van der Waals surface area contributed by atoms with E-state index in [1.807, 2.05) is 6.08 Å². The van der Waals surface area contributed by atoms with Gasteiger partial charge in [0.2, 0.25) is 11.8 Å². The third-order valence-electron chi connectivity index (χ3n) is 5.45. The van der Waals surface area contributed by atoms with Gasteiger partial charge in [-0.3, -0.25) is 19.4 Å². The molecule has 2 saturated heterocycles. The van der Waals surface area contributed by atoms with Crippen molar-refractivity contribution < 1.29 is 14.4 Å². The molecule has 3 aliphatic heterocycles. The summed E-state index contributed by atoms with van der Waals surface area (Å²) in [4.78, 5) is 41.0. The number of hydrazone groups is 1. The molecule has 0 unspecified atom stereocenters. The van der Waals surface area contributed by atoms with Crippen LogP contribution in [0.15, 0.2) is 35.5 Å². The molecule has 2 fully saturated rings. The first-order valence-corrected chi connectivity index (χ1v) is 9.75. The van der Waals surface area contributed by atoms with Gasteiger partial charge in [0.05, 0.1) is 28.6 Å². The highest BCUT2D eigenvalue weighted by atomic mass is 35.5. The Hall–Kier alpha value is -2.18. The Morgan fingerprint density at radius 1 is 1.11 bits per heavy atom. The Morgan fingerprint density at radius 2 is 1.79 bits per heavy atom. The number of hydrogen-bond donors (Lipinski definition) is 0. The normalized spacial score (nSPS) is 28.8. The van der Waals surface area contributed by atoms with Crippen molar-refractivity contribution in [2.24, 2.45) is 22.4 Å². The van der Waals surface area contributed by atoms with E-state index in [4.69, 9.17) is 23.2 Å². The standard InChI is InChI=1S/C20H19Cl2N3O3/c1-20(2,3)17(26)16-15-14(13-5-4-8-23-25(13)16)18(27)24(19(15)28)12-7-6-10(21)9-11(12)22/h4-9,13-16H,1-3H3/t13-,14-,15-,16-/m1/s1. The number of benzene rings is 1. The molecule has 0 spiro atoms. The molecule has 28 heavy (non-hydrogen) atoms. The zero-order chi connectivity index (χ0) is 20.4. The molecule has 0 bridgehead atoms. The summed E-state index contributed by atoms with van der Waals surface area (Å²) in [6.07, 6.45) is 5.12. The predicted molar refractivity (Wildman–Crippen MR) is 107 cm³/mol. The average Bonchev–Trinajstić information content (AvgIpc) is 3.08. The van der Waals surface area contributed by atoms with E-state index in [0.29, 0.717) is 5.02 Å². The van der Waals surface area contributed by atoms with Crippen molar-refractivity contribution in [3.05, 3.63) is 40.4 Å². The zero-order valence-electron chi connectivity index (χ0n) is 15.6. The van der Waals surface area contributed by atoms with Gasteiger partial charge in [-0.25, -0.2) is 4.90 Å². The highest BCUT2D eigenvalue weighted by Gasteiger charge is 2.64. The minimum atomic E-state index is -0.809. The highest BCUT2D eigenvalue weighted by Crippen LogP contribution is 2.48. The van der Waals surface area contributed by atoms with E-state index >= 15 is 0 Å². The molecule has 4 rings (SSSR count). The minimum Gasteiger partial charge on any atom is -0.297 e. The van der Waals surface area contributed by atoms with Crippen LogP contribution in [0.5, 0.6) is 0 Å². The smallest absolute Gasteiger partial charge is 0.240 e. The summed E-state index contributed by atoms with van der Waals surface area (Å²) < 4.78 is 0. The second-order valence-corrected chi connectivity index (χ2v) is 9.08. The number of imide groups is 1. The molecule has 0 aromatic heterocycles. The number of carbonyl (C=O) groups is 3. The van der Waals surface area contributed by atoms with Crippen molar-refractivity contribution >= 4 is 52.7 Å². The highest BCUT2D eigenvalue weighted by molar-refractivity contribution is 6.38. The Balaban J connectivity index is 1.81. The molecule has 8 heteroatoms. The van der Waals surface area contributed by atoms with E-state index in [0.717, 1.165) is 4.90 Å². The Morgan fingerprint density at radius 3 is 2.43 bits per heavy atom. The number of Topliss-reactive ketones (excluding diaryl/α,β-unsaturated/α-hetero) is 1. The molecule has 3 aliphatic rings. The quantitative estimate of drug-likeness (QED) is 0.689. The van der Waals surface area contributed by atoms with Gasteiger partial charge in [0.15, 0.2) is 5.78 Å². The van der Waals surface area contributed by atoms with E-state index in [2.05, 4.69) is 5.10 Å². The van der Waals surface area contributed by atoms with Crippen molar-refractivity contribution in [2.75, 3.05) is 4.90 Å². The second-order valence-electron chi connectivity index (χ2n) is 8.24. The lowest BCUT2D eigenvalue weighted by Crippen LogP contribution is -2.49. The van der Waals surface area contributed by atoms with E-state index in [1.165, 1.54) is 6.07 Å². The summed E-state index contributed by atoms with van der Waals surface area (Å²) in [7, 11) is 0. The lowest BCUT2D eigenvalue weighted by molar-refractivity contribution is -0.136. The van der Waals surface area contributed by atoms with Gasteiger partial charge in [-0.1, -0.05) is 50.0 Å². The number of carbonyl (C=O) groups excluding carboxylic acids is 3. The number of amides is 2. The van der Waals surface area contributed by atoms with Crippen molar-refractivity contribution in [1.29, 1.82) is 0 Å². The van der Waals surface area contributed by atoms with Gasteiger partial charge in [-0.15, -0.1) is 0 Å². The molecule has 6 nitrogen and oxygen atoms in total. The van der Waals surface area contributed by atoms with Crippen molar-refractivity contribution in [3.8, 4) is 0 Å². The monoisotopic (exact) mass is 419 g/mol. The molecular weight excluding hydrogens is 401 g/mol. The van der Waals surface area contributed by atoms with Crippen LogP contribution in [0.2, 0.25) is 10.0 Å². The van der Waals surface area contributed by atoms with Crippen LogP contribution >= 0.6 is 23.2 Å². The van der Waals surface area contributed by atoms with Crippen LogP contribution in [0.3, 0.4) is 0 Å². The van der Waals surface area contributed by atoms with Gasteiger partial charge in [0.1, 0.15) is 6.04 Å². The lowest BCUT2D eigenvalue weighted by atomic mass is 9.80. The molecule has 146 valence electrons. The topological polar surface area (TPSA) is 70.0 Å². The number of halogens is 2. The Kier molecular flexibility index (Phi) is 4.39. The number of hydrogen-bond acceptors (Lipinski definition) is 5. The van der Waals surface area contributed by atoms with E-state index in [1.54, 1.807) is 50.2 Å². The SMILES string of the molecule is CC(C)(C)C(=O)[C@H]1[C@@H]2C(=O)N(c3ccc(Cl)cc3Cl)C(=O)[C@@H]2[C@H]2C=CC=NN21. The van der Waals surface area contributed by atoms with Crippen molar-refractivity contribution in [2.45, 2.75) is 32.9 Å². The molecule has 2 amide bonds. The molecule has 0 radical (unpaired) electrons. The second kappa shape index (κ2) is 6.42. The van der Waals surface area contributed by atoms with Gasteiger partial charge < -0.3 is 0 Å². The first-order chi connectivity index (χ1) is 13.1. The molecule has 1 aromatic carbocycles. The van der Waals surface area contributed by atoms with E-state index in [-0.39, 0.29) is 22.4 Å². The van der Waals surface area contributed by atoms with E-state index in [9.17, 15) is 14.4 Å². The number of ketones is 1. The molecular formula is C20H19Cl2N3O3. The minimum absolute atomic E-state index is 0.123. The maximum Gasteiger partial charge on any atom is 0.240 e. The van der Waals surface area contributed by atoms with E-state index < -0.39 is 35.2 Å². The molecule has 0 aliphatic carbocycles. The summed E-state index contributed by atoms with van der Waals surface area (Å²) in [6, 6.07) is 3.37. The average molecular weight is 420 g/mol. The fourth-order valence-corrected chi connectivity index (χ4v) is 4.67. The van der Waals surface area contributed by atoms with Crippen LogP contribution in [0.4, 0.5) is 5.69 Å². The van der Waals surface area contributed by atoms with Crippen LogP contribution in [0.1, 0.15) is 20.8 Å². The third-order valence-corrected chi connectivity index (χ3v) is 5.99. The number of fused-ring (bicyclic) bond motifs is 3. The molecule has 0 N–H and O–H groups in total. The summed E-state index contributed by atoms with van der Waals surface area (Å²) >= 11 is 12.2. The molecule has 1 aromatic rings. The van der Waals surface area contributed by atoms with Gasteiger partial charge >= 0.3 is 0 Å². The first kappa shape index (κ1) is 19.2. The van der Waals surface area contributed by atoms with Gasteiger partial charge in [-0.2, -0.15) is 5.10 Å². The lowest BCUT2D eigenvalue weighted by Gasteiger charge is -2.33. The summed E-state index contributed by atoms with van der Waals surface area (Å²) in [5.74, 6) is -2.43. The summed E-state index contributed by atoms with van der Waals surface area (Å²) in [5.41, 5.74) is -0.401. The first-order valence-electron chi connectivity index (χ1n) is 8.99. The number of allylic oxidation sites excluding steroid dienone is 1. The number of nitrogens with zero attached hydrogens (tertiary/aromatic N) is 3. The van der Waals surface area contributed by atoms with Crippen molar-refractivity contribution in [3.63, 3.8) is 0 Å². The maximum atomic E-state index is 13.4.